The Bertz CT molecular complexity index is 1590. The van der Waals surface area contributed by atoms with E-state index < -0.39 is 5.54 Å². The average molecular weight is 615 g/mol. The zero-order valence-electron chi connectivity index (χ0n) is 24.6. The van der Waals surface area contributed by atoms with Crippen molar-refractivity contribution in [1.82, 2.24) is 40.3 Å². The number of nitrogens with one attached hydrogen (secondary N) is 1. The molecule has 2 amide bonds. The molecule has 2 aromatic carbocycles. The van der Waals surface area contributed by atoms with Gasteiger partial charge in [0.25, 0.3) is 5.91 Å². The Kier molecular flexibility index (Phi) is 8.58. The molecule has 2 saturated heterocycles. The number of likely N-dealkylation sites (tertiary alicyclic amines) is 2. The fourth-order valence-corrected chi connectivity index (χ4v) is 6.92. The van der Waals surface area contributed by atoms with Gasteiger partial charge in [0.05, 0.1) is 23.9 Å². The van der Waals surface area contributed by atoms with E-state index in [1.54, 1.807) is 31.6 Å². The molecule has 6 rings (SSSR count). The van der Waals surface area contributed by atoms with E-state index in [-0.39, 0.29) is 11.3 Å². The summed E-state index contributed by atoms with van der Waals surface area (Å²) in [6.45, 7) is 3.72. The quantitative estimate of drug-likeness (QED) is 0.269. The highest BCUT2D eigenvalue weighted by Crippen LogP contribution is 2.41. The molecule has 228 valence electrons. The molecule has 11 nitrogen and oxygen atoms in total. The summed E-state index contributed by atoms with van der Waals surface area (Å²) in [5.74, 6) is 0.405. The summed E-state index contributed by atoms with van der Waals surface area (Å²) in [6, 6.07) is 17.4. The zero-order valence-corrected chi connectivity index (χ0v) is 25.4. The number of carbonyl (C=O) groups excluding carboxylic acids is 2. The molecule has 0 radical (unpaired) electrons. The number of carbonyl (C=O) groups is 2. The average Bonchev–Trinajstić information content (AvgIpc) is 3.76. The van der Waals surface area contributed by atoms with Gasteiger partial charge in [-0.1, -0.05) is 23.7 Å². The van der Waals surface area contributed by atoms with Crippen molar-refractivity contribution < 1.29 is 14.3 Å². The predicted octanol–water partition coefficient (Wildman–Crippen LogP) is 3.63. The monoisotopic (exact) mass is 614 g/mol. The van der Waals surface area contributed by atoms with Crippen LogP contribution in [0.1, 0.15) is 47.2 Å². The first-order valence-corrected chi connectivity index (χ1v) is 15.1. The van der Waals surface area contributed by atoms with Gasteiger partial charge in [-0.05, 0) is 96.2 Å². The van der Waals surface area contributed by atoms with Crippen molar-refractivity contribution in [3.05, 3.63) is 95.0 Å². The highest BCUT2D eigenvalue weighted by molar-refractivity contribution is 6.30. The maximum Gasteiger partial charge on any atom is 0.257 e. The van der Waals surface area contributed by atoms with Crippen LogP contribution < -0.4 is 10.1 Å². The van der Waals surface area contributed by atoms with Crippen LogP contribution in [0.4, 0.5) is 0 Å². The summed E-state index contributed by atoms with van der Waals surface area (Å²) in [5, 5.41) is 15.2. The van der Waals surface area contributed by atoms with Crippen LogP contribution in [0.5, 0.6) is 5.75 Å². The van der Waals surface area contributed by atoms with Gasteiger partial charge >= 0.3 is 0 Å². The molecule has 0 saturated carbocycles. The van der Waals surface area contributed by atoms with Crippen molar-refractivity contribution in [3.63, 3.8) is 0 Å². The molecule has 44 heavy (non-hydrogen) atoms. The zero-order chi connectivity index (χ0) is 30.6. The van der Waals surface area contributed by atoms with E-state index in [1.807, 2.05) is 41.3 Å². The Balaban J connectivity index is 1.20. The van der Waals surface area contributed by atoms with Crippen LogP contribution in [0.25, 0.3) is 5.69 Å². The fraction of sp³-hybridized carbons (Fsp3) is 0.375. The van der Waals surface area contributed by atoms with E-state index in [0.29, 0.717) is 35.1 Å². The molecule has 1 unspecified atom stereocenters. The van der Waals surface area contributed by atoms with Crippen molar-refractivity contribution in [2.24, 2.45) is 0 Å². The lowest BCUT2D eigenvalue weighted by molar-refractivity contribution is -0.112. The number of pyridine rings is 1. The summed E-state index contributed by atoms with van der Waals surface area (Å²) in [4.78, 5) is 34.1. The van der Waals surface area contributed by atoms with Crippen LogP contribution in [0.15, 0.2) is 73.3 Å². The van der Waals surface area contributed by atoms with Crippen LogP contribution >= 0.6 is 11.6 Å². The Hall–Kier alpha value is -4.35. The number of hydrogen-bond acceptors (Lipinski definition) is 8. The molecule has 12 heteroatoms. The van der Waals surface area contributed by atoms with Crippen LogP contribution in [-0.4, -0.2) is 87.1 Å². The number of ether oxygens (including phenoxy) is 1. The van der Waals surface area contributed by atoms with E-state index in [1.165, 1.54) is 11.0 Å². The predicted molar refractivity (Wildman–Crippen MR) is 165 cm³/mol. The van der Waals surface area contributed by atoms with E-state index in [9.17, 15) is 9.59 Å². The number of benzene rings is 2. The Labute approximate surface area is 261 Å². The van der Waals surface area contributed by atoms with E-state index in [2.05, 4.69) is 36.8 Å². The number of piperidine rings is 1. The second-order valence-corrected chi connectivity index (χ2v) is 12.0. The lowest BCUT2D eigenvalue weighted by atomic mass is 9.76. The van der Waals surface area contributed by atoms with E-state index in [0.717, 1.165) is 62.9 Å². The number of hydrogen-bond donors (Lipinski definition) is 1. The Morgan fingerprint density at radius 1 is 1.05 bits per heavy atom. The van der Waals surface area contributed by atoms with Gasteiger partial charge in [-0.15, -0.1) is 5.10 Å². The van der Waals surface area contributed by atoms with Gasteiger partial charge in [-0.3, -0.25) is 14.6 Å². The molecule has 2 aromatic heterocycles. The maximum absolute atomic E-state index is 14.0. The van der Waals surface area contributed by atoms with E-state index >= 15 is 0 Å². The normalized spacial score (nSPS) is 19.9. The molecule has 2 aliphatic heterocycles. The van der Waals surface area contributed by atoms with Crippen molar-refractivity contribution >= 4 is 23.9 Å². The van der Waals surface area contributed by atoms with Crippen LogP contribution in [0, 0.1) is 0 Å². The molecule has 0 aliphatic carbocycles. The van der Waals surface area contributed by atoms with Gasteiger partial charge < -0.3 is 19.9 Å². The minimum Gasteiger partial charge on any atom is -0.496 e. The molecule has 2 aliphatic rings. The highest BCUT2D eigenvalue weighted by atomic mass is 35.5. The van der Waals surface area contributed by atoms with Gasteiger partial charge in [0.1, 0.15) is 12.1 Å². The summed E-state index contributed by atoms with van der Waals surface area (Å²) in [6.07, 6.45) is 9.14. The summed E-state index contributed by atoms with van der Waals surface area (Å²) in [5.41, 5.74) is 2.71. The van der Waals surface area contributed by atoms with Crippen molar-refractivity contribution in [1.29, 1.82) is 0 Å². The molecular formula is C32H35ClN8O3. The minimum atomic E-state index is -0.391. The summed E-state index contributed by atoms with van der Waals surface area (Å²) >= 11 is 6.49. The van der Waals surface area contributed by atoms with Crippen LogP contribution in [0.3, 0.4) is 0 Å². The molecule has 2 fully saturated rings. The van der Waals surface area contributed by atoms with Crippen LogP contribution in [0.2, 0.25) is 5.02 Å². The number of rotatable bonds is 10. The number of nitrogens with zero attached hydrogens (tertiary/aromatic N) is 7. The SMILES string of the molecule is COc1ccc(-n2cnnn2)cc1C(=O)N1CCC(CCN2CCC(NC=O)(c3ccncc3)CC2)(c2cccc(Cl)c2)C1. The number of methoxy groups -OCH3 is 1. The molecule has 0 spiro atoms. The lowest BCUT2D eigenvalue weighted by Gasteiger charge is -2.43. The maximum atomic E-state index is 14.0. The first-order chi connectivity index (χ1) is 21.4. The second-order valence-electron chi connectivity index (χ2n) is 11.6. The first kappa shape index (κ1) is 29.7. The topological polar surface area (TPSA) is 118 Å². The Morgan fingerprint density at radius 3 is 2.57 bits per heavy atom. The fourth-order valence-electron chi connectivity index (χ4n) is 6.73. The van der Waals surface area contributed by atoms with Crippen molar-refractivity contribution in [2.45, 2.75) is 36.6 Å². The van der Waals surface area contributed by atoms with Gasteiger partial charge in [-0.2, -0.15) is 0 Å². The molecule has 4 aromatic rings. The molecule has 4 heterocycles. The van der Waals surface area contributed by atoms with E-state index in [4.69, 9.17) is 16.3 Å². The molecular weight excluding hydrogens is 580 g/mol. The third-order valence-electron chi connectivity index (χ3n) is 9.29. The summed E-state index contributed by atoms with van der Waals surface area (Å²) in [7, 11) is 1.57. The molecule has 0 bridgehead atoms. The minimum absolute atomic E-state index is 0.0966. The number of amides is 2. The standard InChI is InChI=1S/C32H35ClN8O3/c1-44-29-6-5-27(41-22-36-37-38-41)20-28(29)30(43)40-18-10-31(21-40,25-3-2-4-26(33)19-25)9-15-39-16-11-32(12-17-39,35-23-42)24-7-13-34-14-8-24/h2-8,13-14,19-20,22-23H,9-12,15-18,21H2,1H3,(H,35,42). The number of halogens is 1. The van der Waals surface area contributed by atoms with Gasteiger partial charge in [0.2, 0.25) is 6.41 Å². The third kappa shape index (κ3) is 5.89. The van der Waals surface area contributed by atoms with Gasteiger partial charge in [0, 0.05) is 49.0 Å². The van der Waals surface area contributed by atoms with Gasteiger partial charge in [0.15, 0.2) is 0 Å². The highest BCUT2D eigenvalue weighted by Gasteiger charge is 2.43. The smallest absolute Gasteiger partial charge is 0.257 e. The largest absolute Gasteiger partial charge is 0.496 e. The van der Waals surface area contributed by atoms with Crippen molar-refractivity contribution in [2.75, 3.05) is 39.8 Å². The van der Waals surface area contributed by atoms with Crippen molar-refractivity contribution in [3.8, 4) is 11.4 Å². The first-order valence-electron chi connectivity index (χ1n) is 14.8. The van der Waals surface area contributed by atoms with Gasteiger partial charge in [-0.25, -0.2) is 4.68 Å². The second kappa shape index (κ2) is 12.7. The molecule has 1 atom stereocenters. The number of aromatic nitrogens is 5. The number of tetrazole rings is 1. The summed E-state index contributed by atoms with van der Waals surface area (Å²) < 4.78 is 7.10. The Morgan fingerprint density at radius 2 is 1.86 bits per heavy atom. The van der Waals surface area contributed by atoms with Crippen LogP contribution in [-0.2, 0) is 15.7 Å². The third-order valence-corrected chi connectivity index (χ3v) is 9.52. The lowest BCUT2D eigenvalue weighted by Crippen LogP contribution is -2.51. The molecule has 1 N–H and O–H groups in total.